The Balaban J connectivity index is 1.88. The molecule has 9 nitrogen and oxygen atoms in total. The highest BCUT2D eigenvalue weighted by Gasteiger charge is 2.37. The molecule has 3 heterocycles. The lowest BCUT2D eigenvalue weighted by Gasteiger charge is -2.41. The SMILES string of the molecule is CN(C)C[C@@H]1OCCN(C(=O)Cn2cccnc2=O)[C@H]1c1cnn(C)c1. The first-order chi connectivity index (χ1) is 12.5. The van der Waals surface area contributed by atoms with Gasteiger partial charge in [-0.05, 0) is 20.2 Å². The second kappa shape index (κ2) is 7.79. The van der Waals surface area contributed by atoms with Crippen molar-refractivity contribution in [2.45, 2.75) is 18.7 Å². The van der Waals surface area contributed by atoms with Crippen molar-refractivity contribution in [1.29, 1.82) is 0 Å². The molecule has 2 aromatic rings. The van der Waals surface area contributed by atoms with Gasteiger partial charge < -0.3 is 14.5 Å². The predicted molar refractivity (Wildman–Crippen MR) is 94.5 cm³/mol. The van der Waals surface area contributed by atoms with E-state index in [9.17, 15) is 9.59 Å². The van der Waals surface area contributed by atoms with Crippen LogP contribution < -0.4 is 5.69 Å². The summed E-state index contributed by atoms with van der Waals surface area (Å²) >= 11 is 0. The molecule has 0 saturated carbocycles. The van der Waals surface area contributed by atoms with E-state index in [0.29, 0.717) is 19.7 Å². The lowest BCUT2D eigenvalue weighted by Crippen LogP contribution is -2.52. The minimum Gasteiger partial charge on any atom is -0.373 e. The van der Waals surface area contributed by atoms with Crippen LogP contribution in [0, 0.1) is 0 Å². The van der Waals surface area contributed by atoms with Crippen molar-refractivity contribution in [3.8, 4) is 0 Å². The number of aromatic nitrogens is 4. The Morgan fingerprint density at radius 1 is 1.42 bits per heavy atom. The van der Waals surface area contributed by atoms with Gasteiger partial charge in [0.2, 0.25) is 5.91 Å². The molecule has 0 aliphatic carbocycles. The average molecular weight is 360 g/mol. The van der Waals surface area contributed by atoms with Crippen LogP contribution in [0.2, 0.25) is 0 Å². The Labute approximate surface area is 151 Å². The zero-order valence-corrected chi connectivity index (χ0v) is 15.3. The molecule has 1 saturated heterocycles. The Bertz CT molecular complexity index is 815. The summed E-state index contributed by atoms with van der Waals surface area (Å²) in [7, 11) is 5.79. The molecule has 2 atom stereocenters. The van der Waals surface area contributed by atoms with E-state index in [-0.39, 0.29) is 24.6 Å². The number of rotatable bonds is 5. The molecule has 3 rings (SSSR count). The summed E-state index contributed by atoms with van der Waals surface area (Å²) in [5.74, 6) is -0.138. The van der Waals surface area contributed by atoms with Crippen molar-refractivity contribution in [2.75, 3.05) is 33.8 Å². The molecule has 1 amide bonds. The monoisotopic (exact) mass is 360 g/mol. The average Bonchev–Trinajstić information content (AvgIpc) is 3.02. The van der Waals surface area contributed by atoms with E-state index < -0.39 is 5.69 Å². The van der Waals surface area contributed by atoms with Crippen molar-refractivity contribution in [2.24, 2.45) is 7.05 Å². The van der Waals surface area contributed by atoms with Crippen LogP contribution in [0.25, 0.3) is 0 Å². The van der Waals surface area contributed by atoms with Gasteiger partial charge in [-0.25, -0.2) is 9.78 Å². The summed E-state index contributed by atoms with van der Waals surface area (Å²) in [6.07, 6.45) is 6.49. The van der Waals surface area contributed by atoms with E-state index in [2.05, 4.69) is 10.1 Å². The predicted octanol–water partition coefficient (Wildman–Crippen LogP) is -0.493. The second-order valence-electron chi connectivity index (χ2n) is 6.68. The minimum absolute atomic E-state index is 0.0435. The molecule has 2 aromatic heterocycles. The number of ether oxygens (including phenoxy) is 1. The van der Waals surface area contributed by atoms with E-state index in [4.69, 9.17) is 4.74 Å². The first-order valence-electron chi connectivity index (χ1n) is 8.51. The number of likely N-dealkylation sites (N-methyl/N-ethyl adjacent to an activating group) is 1. The summed E-state index contributed by atoms with van der Waals surface area (Å²) in [6, 6.07) is 1.39. The molecule has 0 bridgehead atoms. The van der Waals surface area contributed by atoms with Gasteiger partial charge in [0.05, 0.1) is 24.9 Å². The molecule has 9 heteroatoms. The molecule has 0 N–H and O–H groups in total. The summed E-state index contributed by atoms with van der Waals surface area (Å²) in [6.45, 7) is 1.56. The van der Waals surface area contributed by atoms with E-state index in [1.165, 1.54) is 10.8 Å². The minimum atomic E-state index is -0.433. The van der Waals surface area contributed by atoms with Crippen molar-refractivity contribution < 1.29 is 9.53 Å². The lowest BCUT2D eigenvalue weighted by molar-refractivity contribution is -0.148. The van der Waals surface area contributed by atoms with E-state index in [1.807, 2.05) is 32.2 Å². The Hall–Kier alpha value is -2.52. The number of hydrogen-bond acceptors (Lipinski definition) is 6. The van der Waals surface area contributed by atoms with Gasteiger partial charge in [0.25, 0.3) is 0 Å². The lowest BCUT2D eigenvalue weighted by atomic mass is 10.0. The third kappa shape index (κ3) is 4.00. The zero-order valence-electron chi connectivity index (χ0n) is 15.3. The highest BCUT2D eigenvalue weighted by molar-refractivity contribution is 5.76. The molecule has 140 valence electrons. The van der Waals surface area contributed by atoms with Gasteiger partial charge in [-0.3, -0.25) is 14.0 Å². The number of carbonyl (C=O) groups is 1. The van der Waals surface area contributed by atoms with Gasteiger partial charge in [0.15, 0.2) is 0 Å². The van der Waals surface area contributed by atoms with Crippen LogP contribution in [0.15, 0.2) is 35.6 Å². The maximum atomic E-state index is 13.0. The van der Waals surface area contributed by atoms with Crippen LogP contribution >= 0.6 is 0 Å². The fraction of sp³-hybridized carbons (Fsp3) is 0.529. The van der Waals surface area contributed by atoms with Gasteiger partial charge >= 0.3 is 5.69 Å². The van der Waals surface area contributed by atoms with Crippen molar-refractivity contribution in [3.63, 3.8) is 0 Å². The highest BCUT2D eigenvalue weighted by Crippen LogP contribution is 2.30. The fourth-order valence-corrected chi connectivity index (χ4v) is 3.26. The molecule has 0 spiro atoms. The van der Waals surface area contributed by atoms with E-state index in [1.54, 1.807) is 28.0 Å². The third-order valence-electron chi connectivity index (χ3n) is 4.37. The first kappa shape index (κ1) is 18.3. The van der Waals surface area contributed by atoms with Gasteiger partial charge in [-0.2, -0.15) is 5.10 Å². The molecule has 26 heavy (non-hydrogen) atoms. The summed E-state index contributed by atoms with van der Waals surface area (Å²) in [5.41, 5.74) is 0.489. The standard InChI is InChI=1S/C17H24N6O3/c1-20(2)11-14-16(13-9-19-21(3)10-13)23(7-8-26-14)15(24)12-22-6-4-5-18-17(22)25/h4-6,9-10,14,16H,7-8,11-12H2,1-3H3/t14-,16-/m0/s1. The van der Waals surface area contributed by atoms with Gasteiger partial charge in [0.1, 0.15) is 6.54 Å². The second-order valence-corrected chi connectivity index (χ2v) is 6.68. The van der Waals surface area contributed by atoms with Crippen molar-refractivity contribution >= 4 is 5.91 Å². The van der Waals surface area contributed by atoms with Crippen LogP contribution in [0.4, 0.5) is 0 Å². The van der Waals surface area contributed by atoms with Gasteiger partial charge in [-0.15, -0.1) is 0 Å². The number of carbonyl (C=O) groups excluding carboxylic acids is 1. The molecular formula is C17H24N6O3. The molecule has 1 aliphatic rings. The Morgan fingerprint density at radius 3 is 2.88 bits per heavy atom. The third-order valence-corrected chi connectivity index (χ3v) is 4.37. The number of morpholine rings is 1. The zero-order chi connectivity index (χ0) is 18.7. The normalized spacial score (nSPS) is 20.5. The van der Waals surface area contributed by atoms with Crippen LogP contribution in [0.3, 0.4) is 0 Å². The van der Waals surface area contributed by atoms with Crippen LogP contribution in [-0.4, -0.2) is 74.9 Å². The van der Waals surface area contributed by atoms with Crippen LogP contribution in [-0.2, 0) is 23.1 Å². The molecule has 1 fully saturated rings. The van der Waals surface area contributed by atoms with Gasteiger partial charge in [0, 0.05) is 44.3 Å². The first-order valence-corrected chi connectivity index (χ1v) is 8.51. The maximum absolute atomic E-state index is 13.0. The molecular weight excluding hydrogens is 336 g/mol. The summed E-state index contributed by atoms with van der Waals surface area (Å²) < 4.78 is 9.00. The number of amides is 1. The molecule has 0 radical (unpaired) electrons. The fourth-order valence-electron chi connectivity index (χ4n) is 3.26. The van der Waals surface area contributed by atoms with Gasteiger partial charge in [-0.1, -0.05) is 0 Å². The quantitative estimate of drug-likeness (QED) is 0.715. The molecule has 1 aliphatic heterocycles. The Morgan fingerprint density at radius 2 is 2.23 bits per heavy atom. The largest absolute Gasteiger partial charge is 0.373 e. The highest BCUT2D eigenvalue weighted by atomic mass is 16.5. The van der Waals surface area contributed by atoms with Crippen LogP contribution in [0.5, 0.6) is 0 Å². The van der Waals surface area contributed by atoms with Crippen molar-refractivity contribution in [1.82, 2.24) is 29.1 Å². The summed E-state index contributed by atoms with van der Waals surface area (Å²) in [4.78, 5) is 32.3. The smallest absolute Gasteiger partial charge is 0.347 e. The van der Waals surface area contributed by atoms with Crippen LogP contribution in [0.1, 0.15) is 11.6 Å². The number of aryl methyl sites for hydroxylation is 1. The Kier molecular flexibility index (Phi) is 5.48. The van der Waals surface area contributed by atoms with Crippen molar-refractivity contribution in [3.05, 3.63) is 46.9 Å². The van der Waals surface area contributed by atoms with E-state index in [0.717, 1.165) is 5.56 Å². The topological polar surface area (TPSA) is 85.5 Å². The number of nitrogens with zero attached hydrogens (tertiary/aromatic N) is 6. The summed E-state index contributed by atoms with van der Waals surface area (Å²) in [5, 5.41) is 4.24. The number of hydrogen-bond donors (Lipinski definition) is 0. The molecule has 0 unspecified atom stereocenters. The van der Waals surface area contributed by atoms with E-state index >= 15 is 0 Å². The molecule has 0 aromatic carbocycles. The maximum Gasteiger partial charge on any atom is 0.347 e.